The molecular formula is C14H12BrFO2. The first-order valence-corrected chi connectivity index (χ1v) is 6.52. The number of hydrogen-bond acceptors (Lipinski definition) is 2. The zero-order valence-corrected chi connectivity index (χ0v) is 11.4. The van der Waals surface area contributed by atoms with Crippen molar-refractivity contribution in [2.75, 3.05) is 7.11 Å². The maximum Gasteiger partial charge on any atom is 0.169 e. The van der Waals surface area contributed by atoms with E-state index in [2.05, 4.69) is 15.9 Å². The number of halogens is 2. The highest BCUT2D eigenvalue weighted by atomic mass is 79.9. The van der Waals surface area contributed by atoms with E-state index in [0.717, 1.165) is 0 Å². The summed E-state index contributed by atoms with van der Waals surface area (Å²) < 4.78 is 24.5. The Morgan fingerprint density at radius 2 is 1.67 bits per heavy atom. The smallest absolute Gasteiger partial charge is 0.169 e. The minimum Gasteiger partial charge on any atom is -0.493 e. The molecule has 0 fully saturated rings. The zero-order chi connectivity index (χ0) is 13.0. The Morgan fingerprint density at radius 3 is 2.33 bits per heavy atom. The summed E-state index contributed by atoms with van der Waals surface area (Å²) in [5.74, 6) is 1.37. The summed E-state index contributed by atoms with van der Waals surface area (Å²) in [4.78, 5) is 0. The van der Waals surface area contributed by atoms with E-state index in [-0.39, 0.29) is 5.82 Å². The molecule has 0 saturated heterocycles. The van der Waals surface area contributed by atoms with Gasteiger partial charge in [0, 0.05) is 10.9 Å². The van der Waals surface area contributed by atoms with Crippen molar-refractivity contribution in [1.82, 2.24) is 0 Å². The first kappa shape index (κ1) is 12.9. The molecule has 4 heteroatoms. The molecule has 0 atom stereocenters. The molecule has 0 spiro atoms. The average molecular weight is 311 g/mol. The standard InChI is InChI=1S/C14H12BrFO2/c1-17-13-6-2-3-7-14(13)18-12-8-4-5-11(16)10(12)9-15/h2-8H,9H2,1H3. The first-order chi connectivity index (χ1) is 8.76. The highest BCUT2D eigenvalue weighted by molar-refractivity contribution is 9.08. The van der Waals surface area contributed by atoms with Gasteiger partial charge in [0.25, 0.3) is 0 Å². The normalized spacial score (nSPS) is 10.2. The lowest BCUT2D eigenvalue weighted by molar-refractivity contribution is 0.377. The fourth-order valence-electron chi connectivity index (χ4n) is 1.59. The summed E-state index contributed by atoms with van der Waals surface area (Å²) in [6, 6.07) is 12.0. The first-order valence-electron chi connectivity index (χ1n) is 5.40. The molecule has 0 aliphatic carbocycles. The Hall–Kier alpha value is -1.55. The van der Waals surface area contributed by atoms with Crippen LogP contribution in [0.15, 0.2) is 42.5 Å². The molecule has 2 rings (SSSR count). The SMILES string of the molecule is COc1ccccc1Oc1cccc(F)c1CBr. The molecule has 0 saturated carbocycles. The summed E-state index contributed by atoms with van der Waals surface area (Å²) >= 11 is 3.26. The van der Waals surface area contributed by atoms with Crippen LogP contribution < -0.4 is 9.47 Å². The van der Waals surface area contributed by atoms with Crippen molar-refractivity contribution in [3.8, 4) is 17.2 Å². The van der Waals surface area contributed by atoms with Crippen LogP contribution in [0.2, 0.25) is 0 Å². The van der Waals surface area contributed by atoms with Crippen LogP contribution in [-0.4, -0.2) is 7.11 Å². The van der Waals surface area contributed by atoms with E-state index in [1.165, 1.54) is 6.07 Å². The molecule has 0 aliphatic heterocycles. The molecule has 0 unspecified atom stereocenters. The maximum atomic E-state index is 13.6. The van der Waals surface area contributed by atoms with E-state index in [1.54, 1.807) is 31.4 Å². The van der Waals surface area contributed by atoms with Gasteiger partial charge in [-0.05, 0) is 24.3 Å². The largest absolute Gasteiger partial charge is 0.493 e. The minimum atomic E-state index is -0.292. The van der Waals surface area contributed by atoms with Crippen LogP contribution in [-0.2, 0) is 5.33 Å². The van der Waals surface area contributed by atoms with Crippen LogP contribution in [0.1, 0.15) is 5.56 Å². The topological polar surface area (TPSA) is 18.5 Å². The van der Waals surface area contributed by atoms with Gasteiger partial charge in [0.05, 0.1) is 7.11 Å². The van der Waals surface area contributed by atoms with Gasteiger partial charge in [-0.25, -0.2) is 4.39 Å². The van der Waals surface area contributed by atoms with Crippen LogP contribution in [0.5, 0.6) is 17.2 Å². The summed E-state index contributed by atoms with van der Waals surface area (Å²) in [5, 5.41) is 0.393. The van der Waals surface area contributed by atoms with Crippen LogP contribution in [0.3, 0.4) is 0 Å². The van der Waals surface area contributed by atoms with Crippen molar-refractivity contribution in [2.24, 2.45) is 0 Å². The molecule has 2 nitrogen and oxygen atoms in total. The van der Waals surface area contributed by atoms with E-state index in [4.69, 9.17) is 9.47 Å². The second kappa shape index (κ2) is 5.87. The predicted molar refractivity (Wildman–Crippen MR) is 72.1 cm³/mol. The van der Waals surface area contributed by atoms with Gasteiger partial charge in [0.2, 0.25) is 0 Å². The Kier molecular flexibility index (Phi) is 4.20. The zero-order valence-electron chi connectivity index (χ0n) is 9.82. The summed E-state index contributed by atoms with van der Waals surface area (Å²) in [6.07, 6.45) is 0. The number of ether oxygens (including phenoxy) is 2. The second-order valence-electron chi connectivity index (χ2n) is 3.60. The Bertz CT molecular complexity index is 543. The van der Waals surface area contributed by atoms with Crippen molar-refractivity contribution in [2.45, 2.75) is 5.33 Å². The second-order valence-corrected chi connectivity index (χ2v) is 4.16. The van der Waals surface area contributed by atoms with E-state index in [0.29, 0.717) is 28.1 Å². The summed E-state index contributed by atoms with van der Waals surface area (Å²) in [7, 11) is 1.57. The molecule has 2 aromatic rings. The Labute approximate surface area is 113 Å². The number of benzene rings is 2. The molecule has 94 valence electrons. The number of methoxy groups -OCH3 is 1. The lowest BCUT2D eigenvalue weighted by atomic mass is 10.2. The van der Waals surface area contributed by atoms with Gasteiger partial charge in [0.1, 0.15) is 11.6 Å². The number of alkyl halides is 1. The van der Waals surface area contributed by atoms with Gasteiger partial charge >= 0.3 is 0 Å². The van der Waals surface area contributed by atoms with E-state index in [1.807, 2.05) is 12.1 Å². The molecule has 0 N–H and O–H groups in total. The molecule has 0 aromatic heterocycles. The quantitative estimate of drug-likeness (QED) is 0.773. The van der Waals surface area contributed by atoms with Crippen molar-refractivity contribution < 1.29 is 13.9 Å². The summed E-state index contributed by atoms with van der Waals surface area (Å²) in [5.41, 5.74) is 0.489. The van der Waals surface area contributed by atoms with Crippen LogP contribution in [0, 0.1) is 5.82 Å². The lowest BCUT2D eigenvalue weighted by Crippen LogP contribution is -1.95. The number of para-hydroxylation sites is 2. The van der Waals surface area contributed by atoms with Crippen molar-refractivity contribution in [1.29, 1.82) is 0 Å². The highest BCUT2D eigenvalue weighted by Crippen LogP contribution is 2.34. The fourth-order valence-corrected chi connectivity index (χ4v) is 2.13. The third kappa shape index (κ3) is 2.64. The van der Waals surface area contributed by atoms with Gasteiger partial charge in [-0.2, -0.15) is 0 Å². The van der Waals surface area contributed by atoms with Gasteiger partial charge in [0.15, 0.2) is 11.5 Å². The molecule has 0 heterocycles. The Morgan fingerprint density at radius 1 is 1.00 bits per heavy atom. The average Bonchev–Trinajstić information content (AvgIpc) is 2.40. The van der Waals surface area contributed by atoms with Crippen molar-refractivity contribution in [3.05, 3.63) is 53.8 Å². The van der Waals surface area contributed by atoms with Gasteiger partial charge in [-0.15, -0.1) is 0 Å². The third-order valence-corrected chi connectivity index (χ3v) is 3.06. The summed E-state index contributed by atoms with van der Waals surface area (Å²) in [6.45, 7) is 0. The molecular weight excluding hydrogens is 299 g/mol. The number of rotatable bonds is 4. The van der Waals surface area contributed by atoms with Crippen molar-refractivity contribution >= 4 is 15.9 Å². The maximum absolute atomic E-state index is 13.6. The fraction of sp³-hybridized carbons (Fsp3) is 0.143. The third-order valence-electron chi connectivity index (χ3n) is 2.50. The molecule has 2 aromatic carbocycles. The van der Waals surface area contributed by atoms with Crippen molar-refractivity contribution in [3.63, 3.8) is 0 Å². The molecule has 0 radical (unpaired) electrons. The lowest BCUT2D eigenvalue weighted by Gasteiger charge is -2.12. The van der Waals surface area contributed by atoms with Gasteiger partial charge < -0.3 is 9.47 Å². The Balaban J connectivity index is 2.37. The van der Waals surface area contributed by atoms with Crippen LogP contribution >= 0.6 is 15.9 Å². The van der Waals surface area contributed by atoms with E-state index in [9.17, 15) is 4.39 Å². The molecule has 0 aliphatic rings. The molecule has 18 heavy (non-hydrogen) atoms. The van der Waals surface area contributed by atoms with E-state index >= 15 is 0 Å². The van der Waals surface area contributed by atoms with Gasteiger partial charge in [-0.3, -0.25) is 0 Å². The monoisotopic (exact) mass is 310 g/mol. The van der Waals surface area contributed by atoms with E-state index < -0.39 is 0 Å². The number of hydrogen-bond donors (Lipinski definition) is 0. The minimum absolute atomic E-state index is 0.292. The van der Waals surface area contributed by atoms with Crippen LogP contribution in [0.25, 0.3) is 0 Å². The molecule has 0 amide bonds. The molecule has 0 bridgehead atoms. The van der Waals surface area contributed by atoms with Gasteiger partial charge in [-0.1, -0.05) is 34.1 Å². The van der Waals surface area contributed by atoms with Crippen LogP contribution in [0.4, 0.5) is 4.39 Å². The highest BCUT2D eigenvalue weighted by Gasteiger charge is 2.11. The predicted octanol–water partition coefficient (Wildman–Crippen LogP) is 4.52.